The van der Waals surface area contributed by atoms with Crippen molar-refractivity contribution in [2.24, 2.45) is 0 Å². The molecule has 0 aliphatic carbocycles. The predicted octanol–water partition coefficient (Wildman–Crippen LogP) is 8.38. The Bertz CT molecular complexity index is 597. The van der Waals surface area contributed by atoms with E-state index in [0.29, 0.717) is 12.0 Å². The first-order chi connectivity index (χ1) is 15.1. The Balaban J connectivity index is 1.93. The van der Waals surface area contributed by atoms with Gasteiger partial charge in [0, 0.05) is 5.56 Å². The van der Waals surface area contributed by atoms with Crippen LogP contribution in [0.15, 0.2) is 12.1 Å². The Morgan fingerprint density at radius 1 is 0.645 bits per heavy atom. The van der Waals surface area contributed by atoms with Crippen molar-refractivity contribution in [3.05, 3.63) is 23.3 Å². The predicted molar refractivity (Wildman–Crippen MR) is 129 cm³/mol. The molecule has 0 spiro atoms. The van der Waals surface area contributed by atoms with E-state index in [-0.39, 0.29) is 17.1 Å². The highest BCUT2D eigenvalue weighted by Crippen LogP contribution is 2.32. The number of benzene rings is 1. The van der Waals surface area contributed by atoms with Gasteiger partial charge in [0.15, 0.2) is 11.5 Å². The summed E-state index contributed by atoms with van der Waals surface area (Å²) in [6, 6.07) is 2.60. The second-order valence-corrected chi connectivity index (χ2v) is 9.02. The number of phenolic OH excluding ortho intramolecular Hbond substituents is 2. The maximum Gasteiger partial charge on any atom is 0.336 e. The highest BCUT2D eigenvalue weighted by atomic mass is 16.4. The number of rotatable bonds is 20. The molecular weight excluding hydrogens is 388 g/mol. The zero-order chi connectivity index (χ0) is 22.7. The molecule has 0 aliphatic rings. The molecule has 0 heterocycles. The molecule has 3 N–H and O–H groups in total. The Morgan fingerprint density at radius 2 is 1.03 bits per heavy atom. The average Bonchev–Trinajstić information content (AvgIpc) is 2.75. The van der Waals surface area contributed by atoms with Crippen LogP contribution in [-0.4, -0.2) is 21.3 Å². The monoisotopic (exact) mass is 434 g/mol. The minimum atomic E-state index is -1.06. The summed E-state index contributed by atoms with van der Waals surface area (Å²) in [4.78, 5) is 11.3. The molecule has 0 radical (unpaired) electrons. The van der Waals surface area contributed by atoms with Gasteiger partial charge in [-0.3, -0.25) is 0 Å². The van der Waals surface area contributed by atoms with Crippen molar-refractivity contribution in [2.45, 2.75) is 129 Å². The van der Waals surface area contributed by atoms with Gasteiger partial charge >= 0.3 is 5.97 Å². The van der Waals surface area contributed by atoms with Crippen LogP contribution in [0.5, 0.6) is 11.5 Å². The van der Waals surface area contributed by atoms with Gasteiger partial charge in [-0.2, -0.15) is 0 Å². The number of hydrogen-bond acceptors (Lipinski definition) is 3. The van der Waals surface area contributed by atoms with Crippen molar-refractivity contribution in [3.8, 4) is 11.5 Å². The van der Waals surface area contributed by atoms with E-state index < -0.39 is 5.97 Å². The molecule has 1 aromatic carbocycles. The van der Waals surface area contributed by atoms with Crippen LogP contribution in [0.25, 0.3) is 0 Å². The van der Waals surface area contributed by atoms with Gasteiger partial charge < -0.3 is 15.3 Å². The van der Waals surface area contributed by atoms with Crippen LogP contribution in [-0.2, 0) is 6.42 Å². The highest BCUT2D eigenvalue weighted by molar-refractivity contribution is 5.90. The lowest BCUT2D eigenvalue weighted by Gasteiger charge is -2.10. The second-order valence-electron chi connectivity index (χ2n) is 9.02. The van der Waals surface area contributed by atoms with E-state index in [1.807, 2.05) is 0 Å². The molecule has 0 saturated heterocycles. The molecule has 0 aliphatic heterocycles. The third kappa shape index (κ3) is 12.7. The van der Waals surface area contributed by atoms with Crippen molar-refractivity contribution in [3.63, 3.8) is 0 Å². The first kappa shape index (κ1) is 27.3. The van der Waals surface area contributed by atoms with E-state index in [1.165, 1.54) is 108 Å². The molecule has 0 amide bonds. The first-order valence-corrected chi connectivity index (χ1v) is 12.8. The van der Waals surface area contributed by atoms with Crippen LogP contribution in [0.3, 0.4) is 0 Å². The van der Waals surface area contributed by atoms with Gasteiger partial charge in [-0.1, -0.05) is 116 Å². The van der Waals surface area contributed by atoms with Gasteiger partial charge in [-0.25, -0.2) is 4.79 Å². The van der Waals surface area contributed by atoms with Crippen molar-refractivity contribution < 1.29 is 20.1 Å². The molecule has 178 valence electrons. The Morgan fingerprint density at radius 3 is 1.42 bits per heavy atom. The molecule has 0 aromatic heterocycles. The van der Waals surface area contributed by atoms with Crippen LogP contribution < -0.4 is 0 Å². The summed E-state index contributed by atoms with van der Waals surface area (Å²) in [7, 11) is 0. The number of carboxylic acid groups (broad SMARTS) is 1. The van der Waals surface area contributed by atoms with Gasteiger partial charge in [0.05, 0.1) is 5.56 Å². The lowest BCUT2D eigenvalue weighted by molar-refractivity contribution is 0.0695. The van der Waals surface area contributed by atoms with Crippen molar-refractivity contribution in [1.82, 2.24) is 0 Å². The molecule has 1 rings (SSSR count). The lowest BCUT2D eigenvalue weighted by atomic mass is 9.98. The third-order valence-corrected chi connectivity index (χ3v) is 6.27. The summed E-state index contributed by atoms with van der Waals surface area (Å²) in [5.74, 6) is -1.60. The first-order valence-electron chi connectivity index (χ1n) is 12.8. The van der Waals surface area contributed by atoms with Crippen LogP contribution >= 0.6 is 0 Å². The van der Waals surface area contributed by atoms with Crippen LogP contribution in [0.4, 0.5) is 0 Å². The molecule has 0 bridgehead atoms. The van der Waals surface area contributed by atoms with Gasteiger partial charge in [-0.05, 0) is 25.0 Å². The minimum Gasteiger partial charge on any atom is -0.504 e. The summed E-state index contributed by atoms with van der Waals surface area (Å²) < 4.78 is 0. The molecule has 0 saturated carbocycles. The average molecular weight is 435 g/mol. The summed E-state index contributed by atoms with van der Waals surface area (Å²) in [5, 5.41) is 28.8. The molecule has 1 aromatic rings. The molecular formula is C27H46O4. The number of carboxylic acids is 1. The normalized spacial score (nSPS) is 11.1. The summed E-state index contributed by atoms with van der Waals surface area (Å²) in [6.07, 6.45) is 24.0. The smallest absolute Gasteiger partial charge is 0.336 e. The van der Waals surface area contributed by atoms with Crippen molar-refractivity contribution >= 4 is 5.97 Å². The molecule has 4 nitrogen and oxygen atoms in total. The fourth-order valence-electron chi connectivity index (χ4n) is 4.28. The maximum absolute atomic E-state index is 11.3. The van der Waals surface area contributed by atoms with Gasteiger partial charge in [0.2, 0.25) is 0 Å². The Hall–Kier alpha value is -1.71. The van der Waals surface area contributed by atoms with Crippen molar-refractivity contribution in [1.29, 1.82) is 0 Å². The molecule has 4 heteroatoms. The van der Waals surface area contributed by atoms with Crippen LogP contribution in [0.1, 0.15) is 138 Å². The maximum atomic E-state index is 11.3. The lowest BCUT2D eigenvalue weighted by Crippen LogP contribution is -2.03. The topological polar surface area (TPSA) is 77.8 Å². The van der Waals surface area contributed by atoms with E-state index in [1.54, 1.807) is 0 Å². The van der Waals surface area contributed by atoms with Crippen molar-refractivity contribution in [2.75, 3.05) is 0 Å². The minimum absolute atomic E-state index is 0.0854. The third-order valence-electron chi connectivity index (χ3n) is 6.27. The number of unbranched alkanes of at least 4 members (excludes halogenated alkanes) is 17. The number of carbonyl (C=O) groups is 1. The fourth-order valence-corrected chi connectivity index (χ4v) is 4.28. The fraction of sp³-hybridized carbons (Fsp3) is 0.741. The number of aromatic carboxylic acids is 1. The SMILES string of the molecule is CCCCCCCCCCCCCCCCCCCCc1c(C(=O)O)ccc(O)c1O. The van der Waals surface area contributed by atoms with Gasteiger partial charge in [0.25, 0.3) is 0 Å². The van der Waals surface area contributed by atoms with Gasteiger partial charge in [0.1, 0.15) is 0 Å². The van der Waals surface area contributed by atoms with E-state index >= 15 is 0 Å². The zero-order valence-corrected chi connectivity index (χ0v) is 19.8. The summed E-state index contributed by atoms with van der Waals surface area (Å²) in [6.45, 7) is 2.27. The Labute approximate surface area is 190 Å². The van der Waals surface area contributed by atoms with E-state index in [9.17, 15) is 20.1 Å². The van der Waals surface area contributed by atoms with Gasteiger partial charge in [-0.15, -0.1) is 0 Å². The highest BCUT2D eigenvalue weighted by Gasteiger charge is 2.16. The Kier molecular flexibility index (Phi) is 15.8. The standard InChI is InChI=1S/C27H46O4/c1-2-3-4-5-6-7-8-9-10-11-12-13-14-15-16-17-18-19-20-23-24(27(30)31)21-22-25(28)26(23)29/h21-22,28-29H,2-20H2,1H3,(H,30,31). The summed E-state index contributed by atoms with van der Waals surface area (Å²) in [5.41, 5.74) is 0.436. The number of hydrogen-bond donors (Lipinski definition) is 3. The van der Waals surface area contributed by atoms with E-state index in [0.717, 1.165) is 19.3 Å². The molecule has 0 fully saturated rings. The van der Waals surface area contributed by atoms with Crippen LogP contribution in [0, 0.1) is 0 Å². The molecule has 31 heavy (non-hydrogen) atoms. The number of phenols is 2. The quantitative estimate of drug-likeness (QED) is 0.142. The second kappa shape index (κ2) is 17.9. The van der Waals surface area contributed by atoms with E-state index in [2.05, 4.69) is 6.92 Å². The number of aromatic hydroxyl groups is 2. The van der Waals surface area contributed by atoms with E-state index in [4.69, 9.17) is 0 Å². The van der Waals surface area contributed by atoms with Crippen LogP contribution in [0.2, 0.25) is 0 Å². The molecule has 0 atom stereocenters. The summed E-state index contributed by atoms with van der Waals surface area (Å²) >= 11 is 0. The molecule has 0 unspecified atom stereocenters. The zero-order valence-electron chi connectivity index (χ0n) is 19.8. The largest absolute Gasteiger partial charge is 0.504 e.